The largest absolute Gasteiger partial charge is 0.490 e. The molecule has 0 heterocycles. The standard InChI is InChI=1S/C23H27F3O/c1-3-4-18-11-12-21(23(26)22(18)25)27-14-16-6-9-17(10-7-16)19-8-5-15(2)20(24)13-19/h5,8,11-13,16-17H,3-4,6-7,9-10,14H2,1-2H3. The van der Waals surface area contributed by atoms with Gasteiger partial charge in [0.05, 0.1) is 6.61 Å². The van der Waals surface area contributed by atoms with E-state index >= 15 is 0 Å². The molecule has 3 rings (SSSR count). The van der Waals surface area contributed by atoms with Gasteiger partial charge >= 0.3 is 0 Å². The Kier molecular flexibility index (Phi) is 6.46. The molecule has 2 aromatic rings. The van der Waals surface area contributed by atoms with E-state index in [1.165, 1.54) is 6.07 Å². The molecule has 1 nitrogen and oxygen atoms in total. The van der Waals surface area contributed by atoms with Crippen LogP contribution in [-0.2, 0) is 6.42 Å². The van der Waals surface area contributed by atoms with Gasteiger partial charge < -0.3 is 4.74 Å². The van der Waals surface area contributed by atoms with Gasteiger partial charge in [-0.15, -0.1) is 0 Å². The number of aryl methyl sites for hydroxylation is 2. The zero-order valence-electron chi connectivity index (χ0n) is 16.0. The normalized spacial score (nSPS) is 19.9. The molecule has 0 saturated heterocycles. The van der Waals surface area contributed by atoms with Crippen molar-refractivity contribution in [2.45, 2.75) is 58.3 Å². The molecule has 1 aliphatic carbocycles. The van der Waals surface area contributed by atoms with Gasteiger partial charge in [0.15, 0.2) is 11.6 Å². The SMILES string of the molecule is CCCc1ccc(OCC2CCC(c3ccc(C)c(F)c3)CC2)c(F)c1F. The fraction of sp³-hybridized carbons (Fsp3) is 0.478. The van der Waals surface area contributed by atoms with Crippen LogP contribution in [0.2, 0.25) is 0 Å². The summed E-state index contributed by atoms with van der Waals surface area (Å²) < 4.78 is 47.6. The average molecular weight is 376 g/mol. The van der Waals surface area contributed by atoms with Crippen LogP contribution in [0.1, 0.15) is 61.6 Å². The summed E-state index contributed by atoms with van der Waals surface area (Å²) in [5.74, 6) is -1.16. The van der Waals surface area contributed by atoms with Crippen molar-refractivity contribution in [1.29, 1.82) is 0 Å². The summed E-state index contributed by atoms with van der Waals surface area (Å²) in [5, 5.41) is 0. The highest BCUT2D eigenvalue weighted by molar-refractivity contribution is 5.31. The van der Waals surface area contributed by atoms with E-state index in [1.807, 2.05) is 19.1 Å². The first kappa shape index (κ1) is 19.8. The molecule has 1 saturated carbocycles. The minimum absolute atomic E-state index is 0.00455. The molecule has 0 radical (unpaired) electrons. The molecule has 1 aliphatic rings. The van der Waals surface area contributed by atoms with Gasteiger partial charge in [0.2, 0.25) is 5.82 Å². The van der Waals surface area contributed by atoms with Gasteiger partial charge in [-0.25, -0.2) is 8.78 Å². The molecule has 0 N–H and O–H groups in total. The first-order chi connectivity index (χ1) is 13.0. The van der Waals surface area contributed by atoms with E-state index in [-0.39, 0.29) is 11.6 Å². The van der Waals surface area contributed by atoms with Crippen LogP contribution in [0.3, 0.4) is 0 Å². The lowest BCUT2D eigenvalue weighted by atomic mass is 9.79. The second-order valence-corrected chi connectivity index (χ2v) is 7.64. The maximum absolute atomic E-state index is 14.2. The number of hydrogen-bond donors (Lipinski definition) is 0. The van der Waals surface area contributed by atoms with Gasteiger partial charge in [-0.05, 0) is 79.7 Å². The monoisotopic (exact) mass is 376 g/mol. The molecule has 0 aromatic heterocycles. The van der Waals surface area contributed by atoms with Crippen LogP contribution in [0.4, 0.5) is 13.2 Å². The van der Waals surface area contributed by atoms with Crippen molar-refractivity contribution >= 4 is 0 Å². The Balaban J connectivity index is 1.54. The van der Waals surface area contributed by atoms with Gasteiger partial charge in [-0.1, -0.05) is 31.5 Å². The minimum atomic E-state index is -0.884. The third kappa shape index (κ3) is 4.66. The number of rotatable bonds is 6. The van der Waals surface area contributed by atoms with Gasteiger partial charge in [0, 0.05) is 0 Å². The third-order valence-electron chi connectivity index (χ3n) is 5.63. The van der Waals surface area contributed by atoms with Gasteiger partial charge in [-0.2, -0.15) is 4.39 Å². The summed E-state index contributed by atoms with van der Waals surface area (Å²) in [7, 11) is 0. The first-order valence-electron chi connectivity index (χ1n) is 9.85. The molecule has 4 heteroatoms. The topological polar surface area (TPSA) is 9.23 Å². The third-order valence-corrected chi connectivity index (χ3v) is 5.63. The fourth-order valence-corrected chi connectivity index (χ4v) is 3.88. The van der Waals surface area contributed by atoms with Crippen molar-refractivity contribution in [3.05, 3.63) is 64.5 Å². The Labute approximate surface area is 159 Å². The van der Waals surface area contributed by atoms with Crippen LogP contribution >= 0.6 is 0 Å². The van der Waals surface area contributed by atoms with Gasteiger partial charge in [-0.3, -0.25) is 0 Å². The van der Waals surface area contributed by atoms with Gasteiger partial charge in [0.1, 0.15) is 5.82 Å². The summed E-state index contributed by atoms with van der Waals surface area (Å²) in [6.07, 6.45) is 5.10. The first-order valence-corrected chi connectivity index (χ1v) is 9.85. The summed E-state index contributed by atoms with van der Waals surface area (Å²) in [6, 6.07) is 8.63. The summed E-state index contributed by atoms with van der Waals surface area (Å²) in [6.45, 7) is 4.09. The number of ether oxygens (including phenoxy) is 1. The number of halogens is 3. The predicted octanol–water partition coefficient (Wildman–Crippen LogP) is 6.72. The quantitative estimate of drug-likeness (QED) is 0.544. The zero-order chi connectivity index (χ0) is 19.4. The van der Waals surface area contributed by atoms with E-state index in [0.29, 0.717) is 36.0 Å². The maximum atomic E-state index is 14.2. The predicted molar refractivity (Wildman–Crippen MR) is 102 cm³/mol. The van der Waals surface area contributed by atoms with E-state index in [4.69, 9.17) is 4.74 Å². The molecule has 0 aliphatic heterocycles. The smallest absolute Gasteiger partial charge is 0.200 e. The highest BCUT2D eigenvalue weighted by Gasteiger charge is 2.24. The van der Waals surface area contributed by atoms with Crippen LogP contribution < -0.4 is 4.74 Å². The lowest BCUT2D eigenvalue weighted by Crippen LogP contribution is -2.20. The molecule has 0 spiro atoms. The Morgan fingerprint density at radius 3 is 2.37 bits per heavy atom. The van der Waals surface area contributed by atoms with Crippen molar-refractivity contribution in [1.82, 2.24) is 0 Å². The second kappa shape index (κ2) is 8.81. The molecular weight excluding hydrogens is 349 g/mol. The average Bonchev–Trinajstić information content (AvgIpc) is 2.68. The molecular formula is C23H27F3O. The van der Waals surface area contributed by atoms with Crippen molar-refractivity contribution < 1.29 is 17.9 Å². The summed E-state index contributed by atoms with van der Waals surface area (Å²) >= 11 is 0. The van der Waals surface area contributed by atoms with Crippen molar-refractivity contribution in [2.24, 2.45) is 5.92 Å². The molecule has 0 bridgehead atoms. The molecule has 27 heavy (non-hydrogen) atoms. The van der Waals surface area contributed by atoms with Crippen LogP contribution in [-0.4, -0.2) is 6.61 Å². The zero-order valence-corrected chi connectivity index (χ0v) is 16.0. The summed E-state index contributed by atoms with van der Waals surface area (Å²) in [5.41, 5.74) is 2.12. The highest BCUT2D eigenvalue weighted by Crippen LogP contribution is 2.36. The van der Waals surface area contributed by atoms with Crippen molar-refractivity contribution in [3.8, 4) is 5.75 Å². The summed E-state index contributed by atoms with van der Waals surface area (Å²) in [4.78, 5) is 0. The van der Waals surface area contributed by atoms with E-state index < -0.39 is 11.6 Å². The van der Waals surface area contributed by atoms with E-state index in [0.717, 1.165) is 37.7 Å². The number of hydrogen-bond acceptors (Lipinski definition) is 1. The Morgan fingerprint density at radius 1 is 0.963 bits per heavy atom. The molecule has 2 aromatic carbocycles. The minimum Gasteiger partial charge on any atom is -0.490 e. The fourth-order valence-electron chi connectivity index (χ4n) is 3.88. The van der Waals surface area contributed by atoms with Crippen LogP contribution in [0.15, 0.2) is 30.3 Å². The van der Waals surface area contributed by atoms with Crippen LogP contribution in [0.25, 0.3) is 0 Å². The second-order valence-electron chi connectivity index (χ2n) is 7.64. The lowest BCUT2D eigenvalue weighted by Gasteiger charge is -2.29. The molecule has 0 amide bonds. The van der Waals surface area contributed by atoms with Gasteiger partial charge in [0.25, 0.3) is 0 Å². The van der Waals surface area contributed by atoms with Crippen LogP contribution in [0.5, 0.6) is 5.75 Å². The van der Waals surface area contributed by atoms with Crippen molar-refractivity contribution in [3.63, 3.8) is 0 Å². The Bertz CT molecular complexity index is 779. The number of benzene rings is 2. The Hall–Kier alpha value is -1.97. The molecule has 1 fully saturated rings. The van der Waals surface area contributed by atoms with Crippen LogP contribution in [0, 0.1) is 30.3 Å². The molecule has 146 valence electrons. The highest BCUT2D eigenvalue weighted by atomic mass is 19.2. The van der Waals surface area contributed by atoms with E-state index in [2.05, 4.69) is 0 Å². The maximum Gasteiger partial charge on any atom is 0.200 e. The Morgan fingerprint density at radius 2 is 1.70 bits per heavy atom. The van der Waals surface area contributed by atoms with E-state index in [1.54, 1.807) is 19.1 Å². The molecule has 0 atom stereocenters. The van der Waals surface area contributed by atoms with E-state index in [9.17, 15) is 13.2 Å². The van der Waals surface area contributed by atoms with Crippen molar-refractivity contribution in [2.75, 3.05) is 6.61 Å². The lowest BCUT2D eigenvalue weighted by molar-refractivity contribution is 0.192. The molecule has 0 unspecified atom stereocenters.